The van der Waals surface area contributed by atoms with E-state index in [1.807, 2.05) is 12.1 Å². The molecule has 0 saturated heterocycles. The summed E-state index contributed by atoms with van der Waals surface area (Å²) in [5, 5.41) is 4.43. The predicted octanol–water partition coefficient (Wildman–Crippen LogP) is 4.56. The van der Waals surface area contributed by atoms with Crippen molar-refractivity contribution < 1.29 is 9.26 Å². The second kappa shape index (κ2) is 7.19. The summed E-state index contributed by atoms with van der Waals surface area (Å²) in [6.07, 6.45) is 11.0. The van der Waals surface area contributed by atoms with Crippen LogP contribution in [0.4, 0.5) is 0 Å². The lowest BCUT2D eigenvalue weighted by atomic mass is 9.98. The van der Waals surface area contributed by atoms with Crippen LogP contribution < -0.4 is 4.74 Å². The molecule has 0 radical (unpaired) electrons. The highest BCUT2D eigenvalue weighted by molar-refractivity contribution is 6.32. The lowest BCUT2D eigenvalue weighted by Gasteiger charge is -2.22. The summed E-state index contributed by atoms with van der Waals surface area (Å²) >= 11 is 6.33. The van der Waals surface area contributed by atoms with Gasteiger partial charge in [0.1, 0.15) is 11.1 Å². The maximum Gasteiger partial charge on any atom is 0.259 e. The summed E-state index contributed by atoms with van der Waals surface area (Å²) in [5.74, 6) is 1.29. The highest BCUT2D eigenvalue weighted by Crippen LogP contribution is 2.31. The molecule has 25 heavy (non-hydrogen) atoms. The molecule has 0 spiro atoms. The minimum atomic E-state index is 0.199. The Bertz CT molecular complexity index is 847. The van der Waals surface area contributed by atoms with Gasteiger partial charge >= 0.3 is 0 Å². The molecule has 0 atom stereocenters. The average molecular weight is 357 g/mol. The second-order valence-corrected chi connectivity index (χ2v) is 6.46. The molecule has 0 bridgehead atoms. The molecule has 1 aliphatic rings. The summed E-state index contributed by atoms with van der Waals surface area (Å²) in [4.78, 5) is 12.8. The van der Waals surface area contributed by atoms with Gasteiger partial charge in [-0.15, -0.1) is 0 Å². The topological polar surface area (TPSA) is 73.9 Å². The number of nitrogens with zero attached hydrogens (tertiary/aromatic N) is 4. The van der Waals surface area contributed by atoms with Gasteiger partial charge in [-0.05, 0) is 43.9 Å². The van der Waals surface area contributed by atoms with Crippen molar-refractivity contribution in [3.63, 3.8) is 0 Å². The van der Waals surface area contributed by atoms with Crippen molar-refractivity contribution in [1.29, 1.82) is 0 Å². The highest BCUT2D eigenvalue weighted by atomic mass is 35.5. The zero-order chi connectivity index (χ0) is 17.1. The third kappa shape index (κ3) is 3.64. The van der Waals surface area contributed by atoms with Crippen LogP contribution in [0.25, 0.3) is 22.8 Å². The lowest BCUT2D eigenvalue weighted by Crippen LogP contribution is -2.20. The standard InChI is InChI=1S/C18H17ClN4O2/c19-15-9-13(11-21-18(15)24-14-6-2-1-3-7-14)17-22-16(23-25-17)12-5-4-8-20-10-12/h4-5,8-11,14H,1-3,6-7H2. The molecule has 7 heteroatoms. The van der Waals surface area contributed by atoms with Gasteiger partial charge in [0.25, 0.3) is 5.89 Å². The molecule has 0 amide bonds. The van der Waals surface area contributed by atoms with Crippen molar-refractivity contribution in [2.75, 3.05) is 0 Å². The van der Waals surface area contributed by atoms with E-state index >= 15 is 0 Å². The zero-order valence-electron chi connectivity index (χ0n) is 13.6. The number of aromatic nitrogens is 4. The molecular weight excluding hydrogens is 340 g/mol. The summed E-state index contributed by atoms with van der Waals surface area (Å²) in [6.45, 7) is 0. The number of hydrogen-bond acceptors (Lipinski definition) is 6. The van der Waals surface area contributed by atoms with Crippen LogP contribution in [0.3, 0.4) is 0 Å². The molecule has 1 aliphatic carbocycles. The Morgan fingerprint density at radius 2 is 2.00 bits per heavy atom. The lowest BCUT2D eigenvalue weighted by molar-refractivity contribution is 0.149. The van der Waals surface area contributed by atoms with Crippen molar-refractivity contribution >= 4 is 11.6 Å². The predicted molar refractivity (Wildman–Crippen MR) is 93.3 cm³/mol. The van der Waals surface area contributed by atoms with Crippen LogP contribution in [0.5, 0.6) is 5.88 Å². The quantitative estimate of drug-likeness (QED) is 0.682. The summed E-state index contributed by atoms with van der Waals surface area (Å²) in [6, 6.07) is 5.43. The first-order valence-electron chi connectivity index (χ1n) is 8.36. The summed E-state index contributed by atoms with van der Waals surface area (Å²) < 4.78 is 11.3. The van der Waals surface area contributed by atoms with Crippen molar-refractivity contribution in [2.45, 2.75) is 38.2 Å². The van der Waals surface area contributed by atoms with E-state index in [0.717, 1.165) is 18.4 Å². The first kappa shape index (κ1) is 16.0. The minimum absolute atomic E-state index is 0.199. The van der Waals surface area contributed by atoms with E-state index in [2.05, 4.69) is 20.1 Å². The van der Waals surface area contributed by atoms with Gasteiger partial charge in [-0.2, -0.15) is 4.98 Å². The van der Waals surface area contributed by atoms with Crippen molar-refractivity contribution in [2.24, 2.45) is 0 Å². The van der Waals surface area contributed by atoms with Gasteiger partial charge in [0.05, 0.1) is 5.56 Å². The van der Waals surface area contributed by atoms with Crippen LogP contribution in [0, 0.1) is 0 Å². The molecular formula is C18H17ClN4O2. The number of pyridine rings is 2. The van der Waals surface area contributed by atoms with E-state index in [-0.39, 0.29) is 6.10 Å². The van der Waals surface area contributed by atoms with Crippen molar-refractivity contribution in [1.82, 2.24) is 20.1 Å². The molecule has 0 aliphatic heterocycles. The van der Waals surface area contributed by atoms with Gasteiger partial charge in [0, 0.05) is 24.2 Å². The van der Waals surface area contributed by atoms with E-state index in [4.69, 9.17) is 20.9 Å². The SMILES string of the molecule is Clc1cc(-c2nc(-c3cccnc3)no2)cnc1OC1CCCCC1. The Morgan fingerprint density at radius 3 is 2.76 bits per heavy atom. The Kier molecular flexibility index (Phi) is 4.61. The first-order valence-corrected chi connectivity index (χ1v) is 8.74. The van der Waals surface area contributed by atoms with Gasteiger partial charge in [-0.25, -0.2) is 4.98 Å². The van der Waals surface area contributed by atoms with Gasteiger partial charge in [-0.1, -0.05) is 23.2 Å². The zero-order valence-corrected chi connectivity index (χ0v) is 14.3. The average Bonchev–Trinajstić information content (AvgIpc) is 3.15. The molecule has 1 saturated carbocycles. The number of hydrogen-bond donors (Lipinski definition) is 0. The van der Waals surface area contributed by atoms with Crippen LogP contribution in [-0.2, 0) is 0 Å². The first-order chi connectivity index (χ1) is 12.3. The van der Waals surface area contributed by atoms with E-state index in [1.165, 1.54) is 19.3 Å². The molecule has 3 aromatic heterocycles. The number of ether oxygens (including phenoxy) is 1. The summed E-state index contributed by atoms with van der Waals surface area (Å²) in [5.41, 5.74) is 1.44. The Hall–Kier alpha value is -2.47. The van der Waals surface area contributed by atoms with Crippen LogP contribution in [0.2, 0.25) is 5.02 Å². The van der Waals surface area contributed by atoms with Gasteiger partial charge in [0.15, 0.2) is 0 Å². The van der Waals surface area contributed by atoms with E-state index in [0.29, 0.717) is 28.2 Å². The fourth-order valence-electron chi connectivity index (χ4n) is 2.92. The normalized spacial score (nSPS) is 15.2. The molecule has 0 aromatic carbocycles. The Labute approximate surface area is 150 Å². The van der Waals surface area contributed by atoms with Crippen molar-refractivity contribution in [3.8, 4) is 28.7 Å². The highest BCUT2D eigenvalue weighted by Gasteiger charge is 2.18. The van der Waals surface area contributed by atoms with Gasteiger partial charge in [0.2, 0.25) is 11.7 Å². The molecule has 3 aromatic rings. The second-order valence-electron chi connectivity index (χ2n) is 6.05. The third-order valence-corrected chi connectivity index (χ3v) is 4.50. The van der Waals surface area contributed by atoms with E-state index in [1.54, 1.807) is 24.7 Å². The Morgan fingerprint density at radius 1 is 1.12 bits per heavy atom. The number of halogens is 1. The van der Waals surface area contributed by atoms with Gasteiger partial charge in [-0.3, -0.25) is 4.98 Å². The monoisotopic (exact) mass is 356 g/mol. The summed E-state index contributed by atoms with van der Waals surface area (Å²) in [7, 11) is 0. The van der Waals surface area contributed by atoms with Crippen molar-refractivity contribution in [3.05, 3.63) is 41.8 Å². The molecule has 0 unspecified atom stereocenters. The molecule has 128 valence electrons. The van der Waals surface area contributed by atoms with Crippen LogP contribution in [0.15, 0.2) is 41.3 Å². The molecule has 6 nitrogen and oxygen atoms in total. The maximum absolute atomic E-state index is 6.33. The van der Waals surface area contributed by atoms with E-state index in [9.17, 15) is 0 Å². The number of rotatable bonds is 4. The molecule has 0 N–H and O–H groups in total. The largest absolute Gasteiger partial charge is 0.473 e. The third-order valence-electron chi connectivity index (χ3n) is 4.23. The fraction of sp³-hybridized carbons (Fsp3) is 0.333. The van der Waals surface area contributed by atoms with Crippen LogP contribution in [-0.4, -0.2) is 26.2 Å². The van der Waals surface area contributed by atoms with Crippen LogP contribution >= 0.6 is 11.6 Å². The van der Waals surface area contributed by atoms with E-state index < -0.39 is 0 Å². The Balaban J connectivity index is 1.53. The maximum atomic E-state index is 6.33. The van der Waals surface area contributed by atoms with Crippen LogP contribution in [0.1, 0.15) is 32.1 Å². The molecule has 4 rings (SSSR count). The smallest absolute Gasteiger partial charge is 0.259 e. The fourth-order valence-corrected chi connectivity index (χ4v) is 3.13. The molecule has 3 heterocycles. The minimum Gasteiger partial charge on any atom is -0.473 e. The van der Waals surface area contributed by atoms with Gasteiger partial charge < -0.3 is 9.26 Å². The molecule has 1 fully saturated rings.